The summed E-state index contributed by atoms with van der Waals surface area (Å²) >= 11 is 0. The van der Waals surface area contributed by atoms with Crippen LogP contribution >= 0.6 is 0 Å². The minimum absolute atomic E-state index is 0.198. The highest BCUT2D eigenvalue weighted by atomic mass is 16.5. The molecule has 1 fully saturated rings. The van der Waals surface area contributed by atoms with E-state index in [4.69, 9.17) is 28.4 Å². The normalized spacial score (nSPS) is 12.3. The quantitative estimate of drug-likeness (QED) is 0.0281. The molecule has 0 bridgehead atoms. The van der Waals surface area contributed by atoms with Crippen LogP contribution in [0.1, 0.15) is 273 Å². The summed E-state index contributed by atoms with van der Waals surface area (Å²) in [5.74, 6) is 1.59. The van der Waals surface area contributed by atoms with Crippen LogP contribution in [0.4, 0.5) is 17.1 Å². The molecule has 0 spiro atoms. The van der Waals surface area contributed by atoms with Crippen LogP contribution in [0.3, 0.4) is 0 Å². The van der Waals surface area contributed by atoms with Gasteiger partial charge in [0.15, 0.2) is 34.5 Å². The number of anilines is 3. The van der Waals surface area contributed by atoms with Crippen LogP contribution in [0.15, 0.2) is 89.9 Å². The van der Waals surface area contributed by atoms with Gasteiger partial charge < -0.3 is 44.4 Å². The molecule has 12 heteroatoms. The van der Waals surface area contributed by atoms with Crippen molar-refractivity contribution in [1.29, 1.82) is 0 Å². The molecule has 1 aliphatic carbocycles. The van der Waals surface area contributed by atoms with Gasteiger partial charge in [-0.1, -0.05) is 234 Å². The summed E-state index contributed by atoms with van der Waals surface area (Å²) in [6.07, 6.45) is 45.4. The Morgan fingerprint density at radius 1 is 0.253 bits per heavy atom. The molecule has 486 valence electrons. The molecule has 0 aromatic heterocycles. The van der Waals surface area contributed by atoms with E-state index >= 15 is 0 Å². The number of ether oxygens (including phenoxy) is 6. The van der Waals surface area contributed by atoms with Gasteiger partial charge in [-0.25, -0.2) is 0 Å². The van der Waals surface area contributed by atoms with Crippen LogP contribution in [0.2, 0.25) is 0 Å². The Morgan fingerprint density at radius 2 is 0.437 bits per heavy atom. The van der Waals surface area contributed by atoms with Gasteiger partial charge in [0.1, 0.15) is 0 Å². The van der Waals surface area contributed by atoms with E-state index in [1.807, 2.05) is 54.6 Å². The van der Waals surface area contributed by atoms with Crippen molar-refractivity contribution in [2.45, 2.75) is 273 Å². The molecule has 12 nitrogen and oxygen atoms in total. The molecule has 0 amide bonds. The van der Waals surface area contributed by atoms with E-state index in [1.54, 1.807) is 0 Å². The molecule has 3 aromatic carbocycles. The van der Waals surface area contributed by atoms with E-state index in [0.717, 1.165) is 77.0 Å². The lowest BCUT2D eigenvalue weighted by Crippen LogP contribution is -2.33. The highest BCUT2D eigenvalue weighted by Gasteiger charge is 2.38. The standard InChI is InChI=1S/C75H117N3O9/c1-7-13-19-25-31-37-49-82-67-46-43-61(55-70(67)85-52-40-34-28-22-16-10-4)76-58-64-73(79)65(59-77-62-44-47-68(83-50-38-32-26-20-14-8-2)71(56-62)86-53-41-35-29-23-17-11-5)75(81)66(74(64)80)60-78-63-45-48-69(84-51-39-33-27-21-15-9-3)72(57-63)87-54-42-36-30-24-18-12-6/h43-48,55-60,76-78H,7-42,49-54H2,1-6H3. The fourth-order valence-corrected chi connectivity index (χ4v) is 10.5. The van der Waals surface area contributed by atoms with E-state index in [0.29, 0.717) is 91.2 Å². The Labute approximate surface area is 527 Å². The van der Waals surface area contributed by atoms with Gasteiger partial charge in [0.05, 0.1) is 56.4 Å². The largest absolute Gasteiger partial charge is 0.490 e. The van der Waals surface area contributed by atoms with E-state index in [-0.39, 0.29) is 16.7 Å². The zero-order valence-corrected chi connectivity index (χ0v) is 55.3. The Morgan fingerprint density at radius 3 is 0.644 bits per heavy atom. The Bertz CT molecular complexity index is 2160. The van der Waals surface area contributed by atoms with Gasteiger partial charge in [-0.05, 0) is 74.9 Å². The maximum atomic E-state index is 14.7. The van der Waals surface area contributed by atoms with Crippen molar-refractivity contribution in [3.05, 3.63) is 89.9 Å². The summed E-state index contributed by atoms with van der Waals surface area (Å²) in [6.45, 7) is 16.7. The number of Topliss-reactive ketones (excluding diaryl/α,β-unsaturated/α-hetero) is 3. The predicted molar refractivity (Wildman–Crippen MR) is 363 cm³/mol. The van der Waals surface area contributed by atoms with Crippen molar-refractivity contribution >= 4 is 34.4 Å². The fraction of sp³-hybridized carbons (Fsp3) is 0.640. The van der Waals surface area contributed by atoms with Crippen LogP contribution in [-0.2, 0) is 14.4 Å². The number of allylic oxidation sites excluding steroid dienone is 3. The summed E-state index contributed by atoms with van der Waals surface area (Å²) in [4.78, 5) is 44.0. The lowest BCUT2D eigenvalue weighted by Gasteiger charge is -2.19. The number of hydrogen-bond donors (Lipinski definition) is 3. The van der Waals surface area contributed by atoms with Gasteiger partial charge >= 0.3 is 0 Å². The van der Waals surface area contributed by atoms with Gasteiger partial charge in [0.2, 0.25) is 17.3 Å². The van der Waals surface area contributed by atoms with Crippen LogP contribution in [-0.4, -0.2) is 57.0 Å². The Balaban J connectivity index is 1.69. The Hall–Kier alpha value is -5.91. The highest BCUT2D eigenvalue weighted by Crippen LogP contribution is 2.35. The van der Waals surface area contributed by atoms with Gasteiger partial charge in [-0.2, -0.15) is 0 Å². The van der Waals surface area contributed by atoms with Crippen molar-refractivity contribution in [2.75, 3.05) is 55.6 Å². The molecular weight excluding hydrogens is 1090 g/mol. The molecule has 0 unspecified atom stereocenters. The molecule has 0 radical (unpaired) electrons. The predicted octanol–water partition coefficient (Wildman–Crippen LogP) is 21.1. The number of unbranched alkanes of at least 4 members (excludes halogenated alkanes) is 30. The number of hydrogen-bond acceptors (Lipinski definition) is 12. The molecule has 0 aliphatic heterocycles. The molecule has 4 rings (SSSR count). The van der Waals surface area contributed by atoms with E-state index in [1.165, 1.54) is 173 Å². The second-order valence-corrected chi connectivity index (χ2v) is 23.8. The van der Waals surface area contributed by atoms with Crippen molar-refractivity contribution < 1.29 is 42.8 Å². The van der Waals surface area contributed by atoms with Crippen molar-refractivity contribution in [3.63, 3.8) is 0 Å². The van der Waals surface area contributed by atoms with E-state index in [9.17, 15) is 14.4 Å². The fourth-order valence-electron chi connectivity index (χ4n) is 10.5. The smallest absolute Gasteiger partial charge is 0.203 e. The minimum Gasteiger partial charge on any atom is -0.490 e. The maximum absolute atomic E-state index is 14.7. The zero-order chi connectivity index (χ0) is 62.2. The third kappa shape index (κ3) is 30.7. The second kappa shape index (κ2) is 48.1. The molecular formula is C75H117N3O9. The van der Waals surface area contributed by atoms with Crippen LogP contribution in [0.5, 0.6) is 34.5 Å². The van der Waals surface area contributed by atoms with Crippen molar-refractivity contribution in [3.8, 4) is 34.5 Å². The third-order valence-corrected chi connectivity index (χ3v) is 16.0. The first-order chi connectivity index (χ1) is 42.8. The van der Waals surface area contributed by atoms with Crippen molar-refractivity contribution in [1.82, 2.24) is 0 Å². The van der Waals surface area contributed by atoms with Gasteiger partial charge in [0, 0.05) is 53.9 Å². The number of rotatable bonds is 54. The van der Waals surface area contributed by atoms with Crippen LogP contribution < -0.4 is 44.4 Å². The summed E-state index contributed by atoms with van der Waals surface area (Å²) < 4.78 is 38.1. The number of carbonyl (C=O) groups excluding carboxylic acids is 3. The summed E-state index contributed by atoms with van der Waals surface area (Å²) in [6, 6.07) is 16.7. The third-order valence-electron chi connectivity index (χ3n) is 16.0. The van der Waals surface area contributed by atoms with Gasteiger partial charge in [-0.15, -0.1) is 0 Å². The molecule has 0 atom stereocenters. The van der Waals surface area contributed by atoms with E-state index < -0.39 is 17.3 Å². The molecule has 3 aromatic rings. The monoisotopic (exact) mass is 1200 g/mol. The first-order valence-corrected chi connectivity index (χ1v) is 35.0. The Kier molecular flexibility index (Phi) is 40.6. The molecule has 1 aliphatic rings. The minimum atomic E-state index is -0.712. The summed E-state index contributed by atoms with van der Waals surface area (Å²) in [5.41, 5.74) is 1.19. The van der Waals surface area contributed by atoms with Crippen LogP contribution in [0, 0.1) is 0 Å². The average molecular weight is 1200 g/mol. The highest BCUT2D eigenvalue weighted by molar-refractivity contribution is 6.51. The summed E-state index contributed by atoms with van der Waals surface area (Å²) in [5, 5.41) is 9.69. The summed E-state index contributed by atoms with van der Waals surface area (Å²) in [7, 11) is 0. The zero-order valence-electron chi connectivity index (χ0n) is 55.3. The molecule has 3 N–H and O–H groups in total. The number of benzene rings is 3. The first kappa shape index (κ1) is 73.6. The second-order valence-electron chi connectivity index (χ2n) is 23.8. The maximum Gasteiger partial charge on any atom is 0.203 e. The topological polar surface area (TPSA) is 143 Å². The lowest BCUT2D eigenvalue weighted by atomic mass is 9.84. The van der Waals surface area contributed by atoms with Gasteiger partial charge in [0.25, 0.3) is 0 Å². The molecule has 1 saturated carbocycles. The van der Waals surface area contributed by atoms with E-state index in [2.05, 4.69) is 57.5 Å². The van der Waals surface area contributed by atoms with Crippen molar-refractivity contribution in [2.24, 2.45) is 0 Å². The molecule has 87 heavy (non-hydrogen) atoms. The molecule has 0 heterocycles. The number of ketones is 3. The first-order valence-electron chi connectivity index (χ1n) is 35.0. The SMILES string of the molecule is CCCCCCCCOc1ccc(NC=C2C(=O)C(=CNc3ccc(OCCCCCCCC)c(OCCCCCCCC)c3)C(=O)C(=CNc3ccc(OCCCCCCCC)c(OCCCCCCCC)c3)C2=O)cc1OCCCCCCCC. The number of nitrogens with one attached hydrogen (secondary N) is 3. The van der Waals surface area contributed by atoms with Gasteiger partial charge in [-0.3, -0.25) is 14.4 Å². The molecule has 0 saturated heterocycles. The van der Waals surface area contributed by atoms with Crippen LogP contribution in [0.25, 0.3) is 0 Å². The average Bonchev–Trinajstić information content (AvgIpc) is 1.15. The number of carbonyl (C=O) groups is 3. The lowest BCUT2D eigenvalue weighted by molar-refractivity contribution is -0.124.